The van der Waals surface area contributed by atoms with Crippen molar-refractivity contribution in [2.75, 3.05) is 7.11 Å². The SMILES string of the molecule is COc1ccc([I+]c2ccccc2)cc1.[Br-]. The van der Waals surface area contributed by atoms with Crippen molar-refractivity contribution < 1.29 is 42.9 Å². The van der Waals surface area contributed by atoms with Crippen molar-refractivity contribution in [1.29, 1.82) is 0 Å². The van der Waals surface area contributed by atoms with Crippen LogP contribution in [0.4, 0.5) is 0 Å². The summed E-state index contributed by atoms with van der Waals surface area (Å²) in [6.45, 7) is 0. The van der Waals surface area contributed by atoms with Gasteiger partial charge in [-0.2, -0.15) is 0 Å². The Labute approximate surface area is 117 Å². The summed E-state index contributed by atoms with van der Waals surface area (Å²) in [5.41, 5.74) is 0. The maximum absolute atomic E-state index is 5.13. The summed E-state index contributed by atoms with van der Waals surface area (Å²) in [6, 6.07) is 19.0. The quantitative estimate of drug-likeness (QED) is 0.502. The lowest BCUT2D eigenvalue weighted by atomic mass is 10.3. The van der Waals surface area contributed by atoms with Crippen LogP contribution >= 0.6 is 0 Å². The molecule has 0 unspecified atom stereocenters. The third-order valence-corrected chi connectivity index (χ3v) is 4.68. The molecule has 0 aromatic heterocycles. The highest BCUT2D eigenvalue weighted by Crippen LogP contribution is 2.06. The van der Waals surface area contributed by atoms with E-state index in [0.29, 0.717) is 0 Å². The number of methoxy groups -OCH3 is 1. The van der Waals surface area contributed by atoms with E-state index in [2.05, 4.69) is 42.5 Å². The molecule has 2 rings (SSSR count). The Hall–Kier alpha value is -0.550. The Bertz CT molecular complexity index is 414. The molecule has 0 atom stereocenters. The van der Waals surface area contributed by atoms with E-state index in [4.69, 9.17) is 4.74 Å². The third-order valence-electron chi connectivity index (χ3n) is 2.00. The molecule has 0 saturated carbocycles. The van der Waals surface area contributed by atoms with Gasteiger partial charge in [0.15, 0.2) is 7.14 Å². The average molecular weight is 391 g/mol. The van der Waals surface area contributed by atoms with Crippen LogP contribution in [0.15, 0.2) is 54.6 Å². The number of ether oxygens (including phenoxy) is 1. The first kappa shape index (κ1) is 13.5. The molecule has 0 N–H and O–H groups in total. The zero-order valence-electron chi connectivity index (χ0n) is 8.86. The fraction of sp³-hybridized carbons (Fsp3) is 0.0769. The molecule has 0 amide bonds. The van der Waals surface area contributed by atoms with Crippen LogP contribution in [0.25, 0.3) is 0 Å². The zero-order valence-corrected chi connectivity index (χ0v) is 12.6. The normalized spacial score (nSPS) is 9.31. The minimum Gasteiger partial charge on any atom is -1.00 e. The molecule has 3 heteroatoms. The van der Waals surface area contributed by atoms with Gasteiger partial charge in [-0.25, -0.2) is 0 Å². The Kier molecular flexibility index (Phi) is 5.84. The molecule has 0 fully saturated rings. The van der Waals surface area contributed by atoms with Crippen molar-refractivity contribution in [3.63, 3.8) is 0 Å². The fourth-order valence-corrected chi connectivity index (χ4v) is 3.45. The van der Waals surface area contributed by atoms with Crippen molar-refractivity contribution >= 4 is 0 Å². The molecule has 0 saturated heterocycles. The Balaban J connectivity index is 0.00000128. The number of halogens is 2. The van der Waals surface area contributed by atoms with Gasteiger partial charge in [-0.1, -0.05) is 18.2 Å². The zero-order chi connectivity index (χ0) is 10.5. The summed E-state index contributed by atoms with van der Waals surface area (Å²) in [6.07, 6.45) is 0. The van der Waals surface area contributed by atoms with E-state index < -0.39 is 0 Å². The van der Waals surface area contributed by atoms with E-state index in [1.54, 1.807) is 7.11 Å². The van der Waals surface area contributed by atoms with E-state index in [1.165, 1.54) is 7.14 Å². The number of hydrogen-bond donors (Lipinski definition) is 0. The van der Waals surface area contributed by atoms with Crippen LogP contribution < -0.4 is 42.9 Å². The fourth-order valence-electron chi connectivity index (χ4n) is 1.24. The van der Waals surface area contributed by atoms with Gasteiger partial charge >= 0.3 is 21.2 Å². The van der Waals surface area contributed by atoms with Crippen LogP contribution in [0.2, 0.25) is 0 Å². The first-order valence-electron chi connectivity index (χ1n) is 4.72. The van der Waals surface area contributed by atoms with E-state index in [-0.39, 0.29) is 38.2 Å². The lowest BCUT2D eigenvalue weighted by Gasteiger charge is -1.95. The number of hydrogen-bond acceptors (Lipinski definition) is 1. The van der Waals surface area contributed by atoms with Gasteiger partial charge in [0.05, 0.1) is 7.11 Å². The van der Waals surface area contributed by atoms with Crippen LogP contribution in [0.1, 0.15) is 0 Å². The number of benzene rings is 2. The molecule has 0 bridgehead atoms. The minimum atomic E-state index is -0.0449. The van der Waals surface area contributed by atoms with Crippen molar-refractivity contribution in [2.24, 2.45) is 0 Å². The predicted molar refractivity (Wildman–Crippen MR) is 56.8 cm³/mol. The summed E-state index contributed by atoms with van der Waals surface area (Å²) in [5, 5.41) is 0. The van der Waals surface area contributed by atoms with Gasteiger partial charge in [0.1, 0.15) is 5.75 Å². The second kappa shape index (κ2) is 6.91. The summed E-state index contributed by atoms with van der Waals surface area (Å²) in [4.78, 5) is 0. The van der Waals surface area contributed by atoms with Crippen LogP contribution in [0.5, 0.6) is 5.75 Å². The Morgan fingerprint density at radius 1 is 0.812 bits per heavy atom. The molecule has 0 aliphatic rings. The monoisotopic (exact) mass is 390 g/mol. The standard InChI is InChI=1S/C13H12IO.BrH/c1-15-13-9-7-12(8-10-13)14-11-5-3-2-4-6-11;/h2-10H,1H3;1H/q+1;/p-1. The molecule has 0 heterocycles. The average Bonchev–Trinajstić information content (AvgIpc) is 2.31. The van der Waals surface area contributed by atoms with Gasteiger partial charge < -0.3 is 21.7 Å². The molecule has 0 aliphatic heterocycles. The second-order valence-corrected chi connectivity index (χ2v) is 6.08. The second-order valence-electron chi connectivity index (χ2n) is 3.05. The Morgan fingerprint density at radius 2 is 1.38 bits per heavy atom. The van der Waals surface area contributed by atoms with Crippen LogP contribution in [0.3, 0.4) is 0 Å². The van der Waals surface area contributed by atoms with Crippen LogP contribution in [-0.2, 0) is 0 Å². The first-order valence-corrected chi connectivity index (χ1v) is 6.88. The van der Waals surface area contributed by atoms with E-state index in [9.17, 15) is 0 Å². The molecule has 0 radical (unpaired) electrons. The highest BCUT2D eigenvalue weighted by atomic mass is 127. The molecule has 16 heavy (non-hydrogen) atoms. The van der Waals surface area contributed by atoms with Gasteiger partial charge in [0.25, 0.3) is 0 Å². The van der Waals surface area contributed by atoms with Crippen molar-refractivity contribution in [3.05, 3.63) is 61.7 Å². The van der Waals surface area contributed by atoms with Crippen LogP contribution in [-0.4, -0.2) is 7.11 Å². The highest BCUT2D eigenvalue weighted by Gasteiger charge is 2.13. The number of rotatable bonds is 3. The van der Waals surface area contributed by atoms with Gasteiger partial charge in [-0.3, -0.25) is 0 Å². The Morgan fingerprint density at radius 3 is 1.94 bits per heavy atom. The lowest BCUT2D eigenvalue weighted by Crippen LogP contribution is -3.61. The van der Waals surface area contributed by atoms with Crippen molar-refractivity contribution in [3.8, 4) is 5.75 Å². The van der Waals surface area contributed by atoms with Crippen molar-refractivity contribution in [2.45, 2.75) is 0 Å². The summed E-state index contributed by atoms with van der Waals surface area (Å²) in [5.74, 6) is 0.927. The molecule has 0 spiro atoms. The molecule has 2 aromatic carbocycles. The predicted octanol–water partition coefficient (Wildman–Crippen LogP) is -3.17. The lowest BCUT2D eigenvalue weighted by molar-refractivity contribution is -0.597. The first-order chi connectivity index (χ1) is 7.38. The topological polar surface area (TPSA) is 9.23 Å². The molecular weight excluding hydrogens is 379 g/mol. The van der Waals surface area contributed by atoms with Gasteiger partial charge in [-0.15, -0.1) is 0 Å². The highest BCUT2D eigenvalue weighted by molar-refractivity contribution is 5.20. The van der Waals surface area contributed by atoms with Gasteiger partial charge in [0, 0.05) is 0 Å². The summed E-state index contributed by atoms with van der Waals surface area (Å²) in [7, 11) is 1.70. The van der Waals surface area contributed by atoms with Crippen LogP contribution in [0, 0.1) is 7.14 Å². The molecule has 84 valence electrons. The maximum Gasteiger partial charge on any atom is 0.357 e. The molecule has 1 nitrogen and oxygen atoms in total. The molecule has 2 aromatic rings. The molecule has 0 aliphatic carbocycles. The summed E-state index contributed by atoms with van der Waals surface area (Å²) >= 11 is -0.0449. The smallest absolute Gasteiger partial charge is 0.357 e. The van der Waals surface area contributed by atoms with Gasteiger partial charge in [-0.05, 0) is 36.4 Å². The van der Waals surface area contributed by atoms with E-state index >= 15 is 0 Å². The molecular formula is C13H12BrIO. The maximum atomic E-state index is 5.13. The van der Waals surface area contributed by atoms with Crippen molar-refractivity contribution in [1.82, 2.24) is 0 Å². The summed E-state index contributed by atoms with van der Waals surface area (Å²) < 4.78 is 7.99. The van der Waals surface area contributed by atoms with E-state index in [1.807, 2.05) is 12.1 Å². The van der Waals surface area contributed by atoms with E-state index in [0.717, 1.165) is 5.75 Å². The van der Waals surface area contributed by atoms with Gasteiger partial charge in [0.2, 0.25) is 0 Å². The largest absolute Gasteiger partial charge is 1.00 e. The minimum absolute atomic E-state index is 0. The third kappa shape index (κ3) is 3.79.